The van der Waals surface area contributed by atoms with Crippen molar-refractivity contribution in [2.75, 3.05) is 31.9 Å². The van der Waals surface area contributed by atoms with Crippen LogP contribution in [0.15, 0.2) is 38.8 Å². The molecule has 2 heterocycles. The molecule has 10 heteroatoms. The molecule has 0 bridgehead atoms. The topological polar surface area (TPSA) is 96.6 Å². The molecule has 0 aliphatic carbocycles. The van der Waals surface area contributed by atoms with Crippen LogP contribution in [0.2, 0.25) is 0 Å². The van der Waals surface area contributed by atoms with E-state index in [-0.39, 0.29) is 27.7 Å². The largest absolute Gasteiger partial charge is 0.411 e. The van der Waals surface area contributed by atoms with Crippen molar-refractivity contribution in [2.24, 2.45) is 0 Å². The quantitative estimate of drug-likeness (QED) is 0.585. The molecule has 1 aliphatic rings. The van der Waals surface area contributed by atoms with Gasteiger partial charge in [0.25, 0.3) is 5.22 Å². The molecule has 1 amide bonds. The van der Waals surface area contributed by atoms with Gasteiger partial charge in [0.05, 0.1) is 10.6 Å². The van der Waals surface area contributed by atoms with Crippen LogP contribution < -0.4 is 0 Å². The van der Waals surface area contributed by atoms with Gasteiger partial charge in [0.2, 0.25) is 21.8 Å². The van der Waals surface area contributed by atoms with Gasteiger partial charge >= 0.3 is 0 Å². The number of sulfonamides is 1. The van der Waals surface area contributed by atoms with Crippen LogP contribution in [-0.4, -0.2) is 65.7 Å². The van der Waals surface area contributed by atoms with Crippen LogP contribution in [0.5, 0.6) is 0 Å². The van der Waals surface area contributed by atoms with E-state index in [1.807, 2.05) is 13.8 Å². The summed E-state index contributed by atoms with van der Waals surface area (Å²) in [5.74, 6) is 0.458. The molecule has 29 heavy (non-hydrogen) atoms. The van der Waals surface area contributed by atoms with Crippen LogP contribution in [-0.2, 0) is 14.8 Å². The van der Waals surface area contributed by atoms with Gasteiger partial charge in [-0.25, -0.2) is 8.42 Å². The normalized spacial score (nSPS) is 15.4. The first-order valence-electron chi connectivity index (χ1n) is 9.80. The lowest BCUT2D eigenvalue weighted by molar-refractivity contribution is -0.127. The molecule has 8 nitrogen and oxygen atoms in total. The molecular weight excluding hydrogens is 412 g/mol. The number of hydrogen-bond acceptors (Lipinski definition) is 7. The van der Waals surface area contributed by atoms with E-state index in [0.717, 1.165) is 19.3 Å². The number of carbonyl (C=O) groups is 1. The number of hydrogen-bond donors (Lipinski definition) is 0. The van der Waals surface area contributed by atoms with Crippen LogP contribution in [0.3, 0.4) is 0 Å². The van der Waals surface area contributed by atoms with Gasteiger partial charge in [-0.1, -0.05) is 24.2 Å². The molecule has 0 atom stereocenters. The monoisotopic (exact) mass is 438 g/mol. The van der Waals surface area contributed by atoms with E-state index in [4.69, 9.17) is 4.42 Å². The van der Waals surface area contributed by atoms with Gasteiger partial charge in [0, 0.05) is 31.7 Å². The molecule has 1 aliphatic heterocycles. The Morgan fingerprint density at radius 3 is 2.59 bits per heavy atom. The Bertz CT molecular complexity index is 935. The highest BCUT2D eigenvalue weighted by Crippen LogP contribution is 2.27. The van der Waals surface area contributed by atoms with Crippen molar-refractivity contribution in [3.05, 3.63) is 24.3 Å². The second-order valence-electron chi connectivity index (χ2n) is 6.72. The summed E-state index contributed by atoms with van der Waals surface area (Å²) in [5, 5.41) is 8.27. The Hall–Kier alpha value is -1.91. The lowest BCUT2D eigenvalue weighted by Crippen LogP contribution is -2.35. The maximum atomic E-state index is 12.9. The number of aromatic nitrogens is 2. The Morgan fingerprint density at radius 2 is 1.90 bits per heavy atom. The van der Waals surface area contributed by atoms with Crippen molar-refractivity contribution < 1.29 is 17.6 Å². The lowest BCUT2D eigenvalue weighted by atomic mass is 10.2. The highest BCUT2D eigenvalue weighted by Gasteiger charge is 2.26. The smallest absolute Gasteiger partial charge is 0.277 e. The molecule has 158 valence electrons. The molecule has 3 rings (SSSR count). The average Bonchev–Trinajstić information content (AvgIpc) is 3.23. The molecular formula is C19H26N4O4S2. The first-order chi connectivity index (χ1) is 14.0. The highest BCUT2D eigenvalue weighted by atomic mass is 32.2. The summed E-state index contributed by atoms with van der Waals surface area (Å²) in [7, 11) is -3.53. The predicted octanol–water partition coefficient (Wildman–Crippen LogP) is 2.87. The Kier molecular flexibility index (Phi) is 7.31. The van der Waals surface area contributed by atoms with E-state index in [9.17, 15) is 13.2 Å². The van der Waals surface area contributed by atoms with Gasteiger partial charge in [-0.15, -0.1) is 10.2 Å². The zero-order valence-corrected chi connectivity index (χ0v) is 18.3. The minimum absolute atomic E-state index is 0.00868. The van der Waals surface area contributed by atoms with Crippen molar-refractivity contribution in [1.82, 2.24) is 19.4 Å². The zero-order chi connectivity index (χ0) is 20.9. The van der Waals surface area contributed by atoms with E-state index in [1.165, 1.54) is 16.1 Å². The molecule has 1 saturated heterocycles. The SMILES string of the molecule is CCN(CC)C(=O)CSc1nnc(-c2cccc(S(=O)(=O)N3CCCCC3)c2)o1. The summed E-state index contributed by atoms with van der Waals surface area (Å²) in [6.45, 7) is 6.28. The number of nitrogens with zero attached hydrogens (tertiary/aromatic N) is 4. The molecule has 0 saturated carbocycles. The van der Waals surface area contributed by atoms with Gasteiger partial charge in [-0.3, -0.25) is 4.79 Å². The Morgan fingerprint density at radius 1 is 1.17 bits per heavy atom. The zero-order valence-electron chi connectivity index (χ0n) is 16.7. The number of piperidine rings is 1. The Labute approximate surface area is 175 Å². The molecule has 1 fully saturated rings. The number of rotatable bonds is 8. The molecule has 1 aromatic carbocycles. The third-order valence-corrected chi connectivity index (χ3v) is 7.57. The number of thioether (sulfide) groups is 1. The van der Waals surface area contributed by atoms with Gasteiger partial charge in [-0.05, 0) is 44.9 Å². The summed E-state index contributed by atoms with van der Waals surface area (Å²) < 4.78 is 32.9. The fourth-order valence-corrected chi connectivity index (χ4v) is 5.45. The van der Waals surface area contributed by atoms with E-state index in [0.29, 0.717) is 31.7 Å². The van der Waals surface area contributed by atoms with Crippen LogP contribution in [0, 0.1) is 0 Å². The van der Waals surface area contributed by atoms with Gasteiger partial charge in [0.15, 0.2) is 0 Å². The lowest BCUT2D eigenvalue weighted by Gasteiger charge is -2.25. The summed E-state index contributed by atoms with van der Waals surface area (Å²) in [6.07, 6.45) is 2.83. The maximum Gasteiger partial charge on any atom is 0.277 e. The summed E-state index contributed by atoms with van der Waals surface area (Å²) >= 11 is 1.18. The predicted molar refractivity (Wildman–Crippen MR) is 111 cm³/mol. The van der Waals surface area contributed by atoms with Crippen LogP contribution in [0.25, 0.3) is 11.5 Å². The second-order valence-corrected chi connectivity index (χ2v) is 9.58. The maximum absolute atomic E-state index is 12.9. The van der Waals surface area contributed by atoms with Gasteiger partial charge in [-0.2, -0.15) is 4.31 Å². The van der Waals surface area contributed by atoms with E-state index in [2.05, 4.69) is 10.2 Å². The molecule has 0 N–H and O–H groups in total. The molecule has 0 unspecified atom stereocenters. The minimum atomic E-state index is -3.53. The van der Waals surface area contributed by atoms with Crippen LogP contribution >= 0.6 is 11.8 Å². The van der Waals surface area contributed by atoms with Crippen LogP contribution in [0.4, 0.5) is 0 Å². The number of amides is 1. The Balaban J connectivity index is 1.72. The molecule has 0 spiro atoms. The fourth-order valence-electron chi connectivity index (χ4n) is 3.22. The van der Waals surface area contributed by atoms with Crippen molar-refractivity contribution >= 4 is 27.7 Å². The van der Waals surface area contributed by atoms with E-state index < -0.39 is 10.0 Å². The first kappa shape index (κ1) is 21.8. The van der Waals surface area contributed by atoms with Crippen molar-refractivity contribution in [2.45, 2.75) is 43.2 Å². The molecule has 0 radical (unpaired) electrons. The average molecular weight is 439 g/mol. The molecule has 1 aromatic heterocycles. The van der Waals surface area contributed by atoms with Gasteiger partial charge < -0.3 is 9.32 Å². The third-order valence-electron chi connectivity index (χ3n) is 4.88. The highest BCUT2D eigenvalue weighted by molar-refractivity contribution is 7.99. The second kappa shape index (κ2) is 9.73. The molecule has 2 aromatic rings. The number of benzene rings is 1. The van der Waals surface area contributed by atoms with E-state index in [1.54, 1.807) is 29.2 Å². The van der Waals surface area contributed by atoms with Crippen molar-refractivity contribution in [3.63, 3.8) is 0 Å². The third kappa shape index (κ3) is 5.18. The van der Waals surface area contributed by atoms with Crippen molar-refractivity contribution in [1.29, 1.82) is 0 Å². The number of carbonyl (C=O) groups excluding carboxylic acids is 1. The standard InChI is InChI=1S/C19H26N4O4S2/c1-3-22(4-2)17(24)14-28-19-21-20-18(27-19)15-9-8-10-16(13-15)29(25,26)23-11-6-5-7-12-23/h8-10,13H,3-7,11-12,14H2,1-2H3. The first-order valence-corrected chi connectivity index (χ1v) is 12.2. The van der Waals surface area contributed by atoms with Gasteiger partial charge in [0.1, 0.15) is 0 Å². The summed E-state index contributed by atoms with van der Waals surface area (Å²) in [6, 6.07) is 6.56. The van der Waals surface area contributed by atoms with E-state index >= 15 is 0 Å². The van der Waals surface area contributed by atoms with Crippen molar-refractivity contribution in [3.8, 4) is 11.5 Å². The minimum Gasteiger partial charge on any atom is -0.411 e. The van der Waals surface area contributed by atoms with Crippen LogP contribution in [0.1, 0.15) is 33.1 Å². The fraction of sp³-hybridized carbons (Fsp3) is 0.526. The summed E-state index contributed by atoms with van der Waals surface area (Å²) in [5.41, 5.74) is 0.539. The summed E-state index contributed by atoms with van der Waals surface area (Å²) in [4.78, 5) is 14.1.